The molecular weight excluding hydrogens is 214 g/mol. The van der Waals surface area contributed by atoms with Crippen LogP contribution in [0.3, 0.4) is 0 Å². The maximum Gasteiger partial charge on any atom is 0.313 e. The lowest BCUT2D eigenvalue weighted by Gasteiger charge is -2.23. The van der Waals surface area contributed by atoms with Gasteiger partial charge in [0.1, 0.15) is 0 Å². The highest BCUT2D eigenvalue weighted by atomic mass is 16.4. The molecule has 1 aliphatic heterocycles. The van der Waals surface area contributed by atoms with E-state index >= 15 is 0 Å². The molecule has 17 heavy (non-hydrogen) atoms. The van der Waals surface area contributed by atoms with Crippen LogP contribution in [0.1, 0.15) is 31.9 Å². The Bertz CT molecular complexity index is 465. The Kier molecular flexibility index (Phi) is 2.64. The summed E-state index contributed by atoms with van der Waals surface area (Å²) in [5.41, 5.74) is 2.51. The third-order valence-electron chi connectivity index (χ3n) is 3.90. The number of likely N-dealkylation sites (N-methyl/N-ethyl adjacent to an activating group) is 1. The van der Waals surface area contributed by atoms with Gasteiger partial charge in [-0.1, -0.05) is 12.1 Å². The number of aliphatic carboxylic acids is 1. The quantitative estimate of drug-likeness (QED) is 0.853. The summed E-state index contributed by atoms with van der Waals surface area (Å²) in [6, 6.07) is 6.52. The number of hydrogen-bond acceptors (Lipinski definition) is 2. The van der Waals surface area contributed by atoms with Crippen molar-refractivity contribution in [1.29, 1.82) is 0 Å². The van der Waals surface area contributed by atoms with Crippen molar-refractivity contribution in [2.45, 2.75) is 38.6 Å². The molecule has 0 spiro atoms. The predicted molar refractivity (Wildman–Crippen MR) is 68.7 cm³/mol. The van der Waals surface area contributed by atoms with Gasteiger partial charge in [-0.2, -0.15) is 0 Å². The van der Waals surface area contributed by atoms with Gasteiger partial charge in [-0.05, 0) is 44.4 Å². The van der Waals surface area contributed by atoms with Crippen molar-refractivity contribution < 1.29 is 9.90 Å². The molecule has 1 aliphatic rings. The summed E-state index contributed by atoms with van der Waals surface area (Å²) in [5, 5.41) is 9.25. The molecule has 1 atom stereocenters. The molecule has 0 radical (unpaired) electrons. The average molecular weight is 233 g/mol. The van der Waals surface area contributed by atoms with E-state index in [9.17, 15) is 9.90 Å². The highest BCUT2D eigenvalue weighted by Crippen LogP contribution is 2.35. The van der Waals surface area contributed by atoms with Crippen LogP contribution < -0.4 is 4.90 Å². The zero-order valence-electron chi connectivity index (χ0n) is 10.8. The van der Waals surface area contributed by atoms with Gasteiger partial charge >= 0.3 is 5.97 Å². The van der Waals surface area contributed by atoms with Crippen LogP contribution >= 0.6 is 0 Å². The normalized spacial score (nSPS) is 19.3. The summed E-state index contributed by atoms with van der Waals surface area (Å²) in [4.78, 5) is 13.5. The second-order valence-electron chi connectivity index (χ2n) is 5.44. The van der Waals surface area contributed by atoms with E-state index in [2.05, 4.69) is 24.9 Å². The van der Waals surface area contributed by atoms with Gasteiger partial charge < -0.3 is 10.0 Å². The van der Waals surface area contributed by atoms with Crippen LogP contribution in [0.15, 0.2) is 18.2 Å². The number of nitrogens with zero attached hydrogens (tertiary/aromatic N) is 1. The largest absolute Gasteiger partial charge is 0.481 e. The van der Waals surface area contributed by atoms with Gasteiger partial charge in [-0.25, -0.2) is 0 Å². The average Bonchev–Trinajstić information content (AvgIpc) is 2.54. The van der Waals surface area contributed by atoms with Gasteiger partial charge in [0, 0.05) is 18.8 Å². The number of carboxylic acid groups (broad SMARTS) is 1. The number of hydrogen-bond donors (Lipinski definition) is 1. The number of carboxylic acids is 1. The van der Waals surface area contributed by atoms with E-state index in [-0.39, 0.29) is 0 Å². The number of carbonyl (C=O) groups is 1. The van der Waals surface area contributed by atoms with Crippen molar-refractivity contribution in [1.82, 2.24) is 0 Å². The highest BCUT2D eigenvalue weighted by molar-refractivity contribution is 5.81. The predicted octanol–water partition coefficient (Wildman–Crippen LogP) is 2.43. The topological polar surface area (TPSA) is 40.5 Å². The van der Waals surface area contributed by atoms with E-state index in [1.807, 2.05) is 12.1 Å². The summed E-state index contributed by atoms with van der Waals surface area (Å²) < 4.78 is 0. The van der Waals surface area contributed by atoms with E-state index in [4.69, 9.17) is 0 Å². The van der Waals surface area contributed by atoms with Gasteiger partial charge in [0.05, 0.1) is 5.41 Å². The number of fused-ring (bicyclic) bond motifs is 1. The lowest BCUT2D eigenvalue weighted by Crippen LogP contribution is -2.29. The van der Waals surface area contributed by atoms with Crippen molar-refractivity contribution >= 4 is 11.7 Å². The van der Waals surface area contributed by atoms with E-state index in [0.717, 1.165) is 12.0 Å². The van der Waals surface area contributed by atoms with E-state index < -0.39 is 11.4 Å². The van der Waals surface area contributed by atoms with E-state index in [0.29, 0.717) is 6.04 Å². The molecule has 3 nitrogen and oxygen atoms in total. The Morgan fingerprint density at radius 3 is 2.71 bits per heavy atom. The molecule has 0 saturated carbocycles. The van der Waals surface area contributed by atoms with Crippen molar-refractivity contribution in [3.63, 3.8) is 0 Å². The summed E-state index contributed by atoms with van der Waals surface area (Å²) in [5.74, 6) is -0.786. The van der Waals surface area contributed by atoms with Crippen LogP contribution in [-0.2, 0) is 16.6 Å². The van der Waals surface area contributed by atoms with Crippen LogP contribution in [-0.4, -0.2) is 24.2 Å². The second kappa shape index (κ2) is 3.76. The first-order valence-electron chi connectivity index (χ1n) is 5.93. The first-order chi connectivity index (χ1) is 7.84. The molecule has 0 fully saturated rings. The molecule has 0 aromatic heterocycles. The smallest absolute Gasteiger partial charge is 0.313 e. The minimum Gasteiger partial charge on any atom is -0.481 e. The Hall–Kier alpha value is -1.51. The monoisotopic (exact) mass is 233 g/mol. The summed E-state index contributed by atoms with van der Waals surface area (Å²) in [6.07, 6.45) is 1.04. The van der Waals surface area contributed by atoms with Crippen LogP contribution in [0.5, 0.6) is 0 Å². The van der Waals surface area contributed by atoms with Crippen LogP contribution in [0.2, 0.25) is 0 Å². The zero-order valence-corrected chi connectivity index (χ0v) is 10.8. The number of rotatable bonds is 2. The molecule has 2 rings (SSSR count). The van der Waals surface area contributed by atoms with Gasteiger partial charge in [0.2, 0.25) is 0 Å². The SMILES string of the molecule is CC1Cc2ccc(C(C)(C)C(=O)O)cc2N1C. The molecular formula is C14H19NO2. The third kappa shape index (κ3) is 1.79. The van der Waals surface area contributed by atoms with Crippen molar-refractivity contribution in [3.8, 4) is 0 Å². The second-order valence-corrected chi connectivity index (χ2v) is 5.44. The molecule has 0 aliphatic carbocycles. The van der Waals surface area contributed by atoms with E-state index in [1.54, 1.807) is 13.8 Å². The van der Waals surface area contributed by atoms with Gasteiger partial charge in [0.15, 0.2) is 0 Å². The first kappa shape index (κ1) is 12.0. The van der Waals surface area contributed by atoms with Gasteiger partial charge in [0.25, 0.3) is 0 Å². The van der Waals surface area contributed by atoms with Crippen molar-refractivity contribution in [3.05, 3.63) is 29.3 Å². The Morgan fingerprint density at radius 2 is 2.12 bits per heavy atom. The Balaban J connectivity index is 2.46. The maximum absolute atomic E-state index is 11.3. The standard InChI is InChI=1S/C14H19NO2/c1-9-7-10-5-6-11(8-12(10)15(9)4)14(2,3)13(16)17/h5-6,8-9H,7H2,1-4H3,(H,16,17). The van der Waals surface area contributed by atoms with Crippen molar-refractivity contribution in [2.24, 2.45) is 0 Å². The lowest BCUT2D eigenvalue weighted by molar-refractivity contribution is -0.142. The molecule has 0 bridgehead atoms. The molecule has 3 heteroatoms. The third-order valence-corrected chi connectivity index (χ3v) is 3.90. The van der Waals surface area contributed by atoms with Gasteiger partial charge in [-0.15, -0.1) is 0 Å². The summed E-state index contributed by atoms with van der Waals surface area (Å²) in [7, 11) is 2.06. The molecule has 0 saturated heterocycles. The van der Waals surface area contributed by atoms with Crippen molar-refractivity contribution in [2.75, 3.05) is 11.9 Å². The minimum atomic E-state index is -0.832. The molecule has 1 heterocycles. The zero-order chi connectivity index (χ0) is 12.8. The molecule has 92 valence electrons. The van der Waals surface area contributed by atoms with Crippen LogP contribution in [0, 0.1) is 0 Å². The van der Waals surface area contributed by atoms with E-state index in [1.165, 1.54) is 11.3 Å². The molecule has 1 unspecified atom stereocenters. The number of benzene rings is 1. The first-order valence-corrected chi connectivity index (χ1v) is 5.93. The fourth-order valence-corrected chi connectivity index (χ4v) is 2.27. The molecule has 1 aromatic rings. The molecule has 0 amide bonds. The summed E-state index contributed by atoms with van der Waals surface area (Å²) in [6.45, 7) is 5.67. The number of anilines is 1. The maximum atomic E-state index is 11.3. The molecule has 1 aromatic carbocycles. The lowest BCUT2D eigenvalue weighted by atomic mass is 9.84. The molecule has 1 N–H and O–H groups in total. The Morgan fingerprint density at radius 1 is 1.47 bits per heavy atom. The van der Waals surface area contributed by atoms with Gasteiger partial charge in [-0.3, -0.25) is 4.79 Å². The highest BCUT2D eigenvalue weighted by Gasteiger charge is 2.32. The van der Waals surface area contributed by atoms with Crippen LogP contribution in [0.25, 0.3) is 0 Å². The fourth-order valence-electron chi connectivity index (χ4n) is 2.27. The summed E-state index contributed by atoms with van der Waals surface area (Å²) >= 11 is 0. The Labute approximate surface area is 102 Å². The minimum absolute atomic E-state index is 0.494. The fraction of sp³-hybridized carbons (Fsp3) is 0.500. The van der Waals surface area contributed by atoms with Crippen LogP contribution in [0.4, 0.5) is 5.69 Å².